The second-order valence-corrected chi connectivity index (χ2v) is 4.43. The second-order valence-electron chi connectivity index (χ2n) is 4.04. The summed E-state index contributed by atoms with van der Waals surface area (Å²) in [5, 5.41) is 0.505. The summed E-state index contributed by atoms with van der Waals surface area (Å²) in [5.74, 6) is 1.45. The highest BCUT2D eigenvalue weighted by atomic mass is 35.5. The van der Waals surface area contributed by atoms with Crippen molar-refractivity contribution in [3.05, 3.63) is 23.5 Å². The molecule has 0 amide bonds. The zero-order chi connectivity index (χ0) is 11.8. The monoisotopic (exact) mass is 241 g/mol. The summed E-state index contributed by atoms with van der Waals surface area (Å²) >= 11 is 5.70. The molecule has 0 radical (unpaired) electrons. The predicted octanol–water partition coefficient (Wildman–Crippen LogP) is 4.33. The minimum absolute atomic E-state index is 0.505. The molecule has 1 heterocycles. The van der Waals surface area contributed by atoms with Crippen LogP contribution in [0.1, 0.15) is 39.5 Å². The van der Waals surface area contributed by atoms with Gasteiger partial charge in [0.25, 0.3) is 0 Å². The Morgan fingerprint density at radius 2 is 2.19 bits per heavy atom. The molecule has 0 aliphatic carbocycles. The number of ether oxygens (including phenoxy) is 1. The van der Waals surface area contributed by atoms with Crippen LogP contribution in [0.2, 0.25) is 5.15 Å². The molecule has 0 aliphatic rings. The lowest BCUT2D eigenvalue weighted by Crippen LogP contribution is -2.11. The standard InChI is InChI=1S/C13H20ClNO/c1-3-5-6-11(4-2)10-16-12-7-8-13(14)15-9-12/h7-9,11H,3-6,10H2,1-2H3. The molecule has 0 N–H and O–H groups in total. The number of halogens is 1. The molecule has 1 rings (SSSR count). The van der Waals surface area contributed by atoms with Crippen molar-refractivity contribution in [3.8, 4) is 5.75 Å². The highest BCUT2D eigenvalue weighted by molar-refractivity contribution is 6.29. The van der Waals surface area contributed by atoms with Crippen molar-refractivity contribution < 1.29 is 4.74 Å². The van der Waals surface area contributed by atoms with E-state index in [1.807, 2.05) is 6.07 Å². The average Bonchev–Trinajstić information content (AvgIpc) is 2.32. The summed E-state index contributed by atoms with van der Waals surface area (Å²) in [5.41, 5.74) is 0. The molecule has 3 heteroatoms. The van der Waals surface area contributed by atoms with E-state index in [9.17, 15) is 0 Å². The molecule has 2 nitrogen and oxygen atoms in total. The van der Waals surface area contributed by atoms with Crippen LogP contribution in [0.3, 0.4) is 0 Å². The molecule has 90 valence electrons. The average molecular weight is 242 g/mol. The first-order chi connectivity index (χ1) is 7.76. The molecule has 0 saturated heterocycles. The Morgan fingerprint density at radius 1 is 1.38 bits per heavy atom. The molecule has 1 aromatic heterocycles. The molecule has 0 spiro atoms. The van der Waals surface area contributed by atoms with Crippen LogP contribution < -0.4 is 4.74 Å². The molecule has 1 unspecified atom stereocenters. The van der Waals surface area contributed by atoms with Crippen molar-refractivity contribution in [1.82, 2.24) is 4.98 Å². The quantitative estimate of drug-likeness (QED) is 0.663. The molecule has 0 aliphatic heterocycles. The fourth-order valence-corrected chi connectivity index (χ4v) is 1.67. The van der Waals surface area contributed by atoms with Crippen molar-refractivity contribution in [2.24, 2.45) is 5.92 Å². The summed E-state index contributed by atoms with van der Waals surface area (Å²) in [6, 6.07) is 3.62. The third kappa shape index (κ3) is 4.84. The smallest absolute Gasteiger partial charge is 0.137 e. The van der Waals surface area contributed by atoms with Gasteiger partial charge in [0.05, 0.1) is 12.8 Å². The lowest BCUT2D eigenvalue weighted by molar-refractivity contribution is 0.232. The third-order valence-electron chi connectivity index (χ3n) is 2.73. The van der Waals surface area contributed by atoms with Crippen LogP contribution in [0.5, 0.6) is 5.75 Å². The van der Waals surface area contributed by atoms with Crippen LogP contribution in [0.15, 0.2) is 18.3 Å². The summed E-state index contributed by atoms with van der Waals surface area (Å²) in [6.45, 7) is 5.21. The van der Waals surface area contributed by atoms with Gasteiger partial charge in [-0.3, -0.25) is 0 Å². The van der Waals surface area contributed by atoms with E-state index in [0.29, 0.717) is 11.1 Å². The first-order valence-corrected chi connectivity index (χ1v) is 6.38. The van der Waals surface area contributed by atoms with Gasteiger partial charge in [-0.1, -0.05) is 44.7 Å². The Balaban J connectivity index is 2.34. The Hall–Kier alpha value is -0.760. The van der Waals surface area contributed by atoms with Crippen molar-refractivity contribution in [1.29, 1.82) is 0 Å². The molecule has 1 atom stereocenters. The highest BCUT2D eigenvalue weighted by Crippen LogP contribution is 2.17. The summed E-state index contributed by atoms with van der Waals surface area (Å²) in [7, 11) is 0. The fourth-order valence-electron chi connectivity index (χ4n) is 1.56. The molecule has 16 heavy (non-hydrogen) atoms. The molecular formula is C13H20ClNO. The van der Waals surface area contributed by atoms with Crippen LogP contribution in [0.25, 0.3) is 0 Å². The van der Waals surface area contributed by atoms with Crippen molar-refractivity contribution in [2.75, 3.05) is 6.61 Å². The Labute approximate surface area is 103 Å². The lowest BCUT2D eigenvalue weighted by Gasteiger charge is -2.15. The van der Waals surface area contributed by atoms with E-state index in [1.54, 1.807) is 12.3 Å². The van der Waals surface area contributed by atoms with Crippen molar-refractivity contribution in [2.45, 2.75) is 39.5 Å². The van der Waals surface area contributed by atoms with Crippen LogP contribution in [0.4, 0.5) is 0 Å². The minimum Gasteiger partial charge on any atom is -0.492 e. The number of rotatable bonds is 7. The largest absolute Gasteiger partial charge is 0.492 e. The van der Waals surface area contributed by atoms with Crippen molar-refractivity contribution >= 4 is 11.6 Å². The first kappa shape index (κ1) is 13.3. The minimum atomic E-state index is 0.505. The zero-order valence-corrected chi connectivity index (χ0v) is 10.8. The number of pyridine rings is 1. The van der Waals surface area contributed by atoms with E-state index in [1.165, 1.54) is 25.7 Å². The van der Waals surface area contributed by atoms with Gasteiger partial charge >= 0.3 is 0 Å². The molecule has 0 bridgehead atoms. The Bertz CT molecular complexity index is 286. The summed E-state index contributed by atoms with van der Waals surface area (Å²) < 4.78 is 5.69. The van der Waals surface area contributed by atoms with Gasteiger partial charge in [0.1, 0.15) is 10.9 Å². The van der Waals surface area contributed by atoms with Crippen molar-refractivity contribution in [3.63, 3.8) is 0 Å². The van der Waals surface area contributed by atoms with Crippen LogP contribution in [-0.4, -0.2) is 11.6 Å². The number of hydrogen-bond acceptors (Lipinski definition) is 2. The van der Waals surface area contributed by atoms with Crippen LogP contribution in [-0.2, 0) is 0 Å². The van der Waals surface area contributed by atoms with E-state index in [0.717, 1.165) is 12.4 Å². The van der Waals surface area contributed by atoms with E-state index in [4.69, 9.17) is 16.3 Å². The molecule has 0 saturated carbocycles. The van der Waals surface area contributed by atoms with Gasteiger partial charge in [0.15, 0.2) is 0 Å². The van der Waals surface area contributed by atoms with Crippen LogP contribution in [0, 0.1) is 5.92 Å². The maximum atomic E-state index is 5.70. The maximum absolute atomic E-state index is 5.70. The summed E-state index contributed by atoms with van der Waals surface area (Å²) in [6.07, 6.45) is 6.61. The Kier molecular flexibility index (Phi) is 6.24. The van der Waals surface area contributed by atoms with E-state index < -0.39 is 0 Å². The normalized spacial score (nSPS) is 12.4. The van der Waals surface area contributed by atoms with Gasteiger partial charge < -0.3 is 4.74 Å². The fraction of sp³-hybridized carbons (Fsp3) is 0.615. The highest BCUT2D eigenvalue weighted by Gasteiger charge is 2.06. The molecule has 1 aromatic rings. The third-order valence-corrected chi connectivity index (χ3v) is 2.95. The molecular weight excluding hydrogens is 222 g/mol. The Morgan fingerprint density at radius 3 is 2.75 bits per heavy atom. The molecule has 0 fully saturated rings. The van der Waals surface area contributed by atoms with Gasteiger partial charge in [0, 0.05) is 0 Å². The predicted molar refractivity (Wildman–Crippen MR) is 68.0 cm³/mol. The van der Waals surface area contributed by atoms with E-state index in [-0.39, 0.29) is 0 Å². The van der Waals surface area contributed by atoms with Gasteiger partial charge in [0.2, 0.25) is 0 Å². The number of unbranched alkanes of at least 4 members (excludes halogenated alkanes) is 1. The zero-order valence-electron chi connectivity index (χ0n) is 10.1. The van der Waals surface area contributed by atoms with E-state index in [2.05, 4.69) is 18.8 Å². The SMILES string of the molecule is CCCCC(CC)COc1ccc(Cl)nc1. The van der Waals surface area contributed by atoms with Crippen LogP contribution >= 0.6 is 11.6 Å². The van der Waals surface area contributed by atoms with Gasteiger partial charge in [-0.05, 0) is 24.5 Å². The topological polar surface area (TPSA) is 22.1 Å². The summed E-state index contributed by atoms with van der Waals surface area (Å²) in [4.78, 5) is 3.99. The number of nitrogens with zero attached hydrogens (tertiary/aromatic N) is 1. The van der Waals surface area contributed by atoms with E-state index >= 15 is 0 Å². The van der Waals surface area contributed by atoms with Gasteiger partial charge in [-0.25, -0.2) is 4.98 Å². The lowest BCUT2D eigenvalue weighted by atomic mass is 10.0. The van der Waals surface area contributed by atoms with Gasteiger partial charge in [-0.2, -0.15) is 0 Å². The van der Waals surface area contributed by atoms with Gasteiger partial charge in [-0.15, -0.1) is 0 Å². The maximum Gasteiger partial charge on any atom is 0.137 e. The molecule has 0 aromatic carbocycles. The number of aromatic nitrogens is 1. The number of hydrogen-bond donors (Lipinski definition) is 0. The first-order valence-electron chi connectivity index (χ1n) is 6.00. The second kappa shape index (κ2) is 7.50.